The van der Waals surface area contributed by atoms with Crippen molar-refractivity contribution in [2.45, 2.75) is 6.54 Å². The molecule has 20 heavy (non-hydrogen) atoms. The molecule has 0 spiro atoms. The van der Waals surface area contributed by atoms with E-state index >= 15 is 0 Å². The number of Topliss-reactive ketones (excluding diaryl/α,β-unsaturated/α-hetero) is 1. The highest BCUT2D eigenvalue weighted by molar-refractivity contribution is 6.18. The van der Waals surface area contributed by atoms with E-state index in [2.05, 4.69) is 10.3 Å². The number of aliphatic imine (C=N–C) groups is 1. The zero-order valence-corrected chi connectivity index (χ0v) is 11.4. The molecule has 0 saturated carbocycles. The molecule has 1 N–H and O–H groups in total. The maximum atomic E-state index is 11.4. The van der Waals surface area contributed by atoms with Gasteiger partial charge in [0.1, 0.15) is 5.92 Å². The van der Waals surface area contributed by atoms with Gasteiger partial charge in [0.05, 0.1) is 27.3 Å². The Kier molecular flexibility index (Phi) is 4.34. The molecule has 1 unspecified atom stereocenters. The second-order valence-corrected chi connectivity index (χ2v) is 4.34. The van der Waals surface area contributed by atoms with Crippen molar-refractivity contribution in [2.75, 3.05) is 20.8 Å². The second kappa shape index (κ2) is 6.18. The summed E-state index contributed by atoms with van der Waals surface area (Å²) >= 11 is 0. The normalized spacial score (nSPS) is 18.4. The number of benzene rings is 1. The van der Waals surface area contributed by atoms with Crippen molar-refractivity contribution >= 4 is 17.9 Å². The van der Waals surface area contributed by atoms with Gasteiger partial charge >= 0.3 is 0 Å². The Balaban J connectivity index is 2.03. The van der Waals surface area contributed by atoms with Gasteiger partial charge in [0.15, 0.2) is 17.3 Å². The quantitative estimate of drug-likeness (QED) is 0.630. The molecule has 2 rings (SSSR count). The molecule has 1 heterocycles. The molecule has 1 saturated heterocycles. The first-order valence-electron chi connectivity index (χ1n) is 6.17. The molecule has 1 atom stereocenters. The van der Waals surface area contributed by atoms with Crippen molar-refractivity contribution in [3.8, 4) is 11.5 Å². The fraction of sp³-hybridized carbons (Fsp3) is 0.357. The van der Waals surface area contributed by atoms with Gasteiger partial charge in [0.2, 0.25) is 5.91 Å². The first-order chi connectivity index (χ1) is 9.65. The minimum absolute atomic E-state index is 0.0892. The van der Waals surface area contributed by atoms with E-state index in [-0.39, 0.29) is 18.2 Å². The summed E-state index contributed by atoms with van der Waals surface area (Å²) in [6.45, 7) is 0.462. The largest absolute Gasteiger partial charge is 0.493 e. The molecule has 1 aromatic carbocycles. The lowest BCUT2D eigenvalue weighted by Crippen LogP contribution is -2.20. The molecular weight excluding hydrogens is 260 g/mol. The number of ether oxygens (including phenoxy) is 2. The van der Waals surface area contributed by atoms with Gasteiger partial charge in [-0.15, -0.1) is 0 Å². The SMILES string of the molecule is COc1ccc(CN=CC2C(=O)CNC2=O)cc1OC. The van der Waals surface area contributed by atoms with Gasteiger partial charge in [-0.3, -0.25) is 14.6 Å². The zero-order chi connectivity index (χ0) is 14.5. The average Bonchev–Trinajstić information content (AvgIpc) is 2.78. The first kappa shape index (κ1) is 14.0. The number of carbonyl (C=O) groups is 2. The van der Waals surface area contributed by atoms with Crippen LogP contribution in [-0.4, -0.2) is 38.7 Å². The fourth-order valence-electron chi connectivity index (χ4n) is 1.93. The highest BCUT2D eigenvalue weighted by Crippen LogP contribution is 2.27. The molecule has 106 valence electrons. The summed E-state index contributed by atoms with van der Waals surface area (Å²) < 4.78 is 10.3. The van der Waals surface area contributed by atoms with Crippen molar-refractivity contribution in [1.29, 1.82) is 0 Å². The summed E-state index contributed by atoms with van der Waals surface area (Å²) in [7, 11) is 3.13. The molecule has 0 aliphatic carbocycles. The van der Waals surface area contributed by atoms with Crippen LogP contribution < -0.4 is 14.8 Å². The molecule has 6 heteroatoms. The minimum atomic E-state index is -0.754. The molecule has 0 aromatic heterocycles. The zero-order valence-electron chi connectivity index (χ0n) is 11.4. The fourth-order valence-corrected chi connectivity index (χ4v) is 1.93. The maximum absolute atomic E-state index is 11.4. The van der Waals surface area contributed by atoms with E-state index in [4.69, 9.17) is 9.47 Å². The van der Waals surface area contributed by atoms with E-state index in [1.54, 1.807) is 20.3 Å². The van der Waals surface area contributed by atoms with Crippen LogP contribution >= 0.6 is 0 Å². The highest BCUT2D eigenvalue weighted by atomic mass is 16.5. The third kappa shape index (κ3) is 2.96. The number of nitrogens with one attached hydrogen (secondary N) is 1. The summed E-state index contributed by atoms with van der Waals surface area (Å²) in [6, 6.07) is 5.46. The van der Waals surface area contributed by atoms with Crippen molar-refractivity contribution in [3.05, 3.63) is 23.8 Å². The summed E-state index contributed by atoms with van der Waals surface area (Å²) in [5, 5.41) is 2.49. The van der Waals surface area contributed by atoms with Gasteiger partial charge in [0.25, 0.3) is 0 Å². The van der Waals surface area contributed by atoms with Crippen molar-refractivity contribution in [3.63, 3.8) is 0 Å². The van der Waals surface area contributed by atoms with E-state index in [0.717, 1.165) is 5.56 Å². The Morgan fingerprint density at radius 3 is 2.65 bits per heavy atom. The van der Waals surface area contributed by atoms with E-state index in [9.17, 15) is 9.59 Å². The molecule has 1 aliphatic heterocycles. The molecule has 6 nitrogen and oxygen atoms in total. The third-order valence-corrected chi connectivity index (χ3v) is 3.04. The van der Waals surface area contributed by atoms with Crippen LogP contribution in [0.2, 0.25) is 0 Å². The van der Waals surface area contributed by atoms with Crippen LogP contribution in [0.3, 0.4) is 0 Å². The van der Waals surface area contributed by atoms with Crippen LogP contribution in [0.25, 0.3) is 0 Å². The molecule has 1 aromatic rings. The third-order valence-electron chi connectivity index (χ3n) is 3.04. The summed E-state index contributed by atoms with van der Waals surface area (Å²) in [6.07, 6.45) is 1.40. The predicted molar refractivity (Wildman–Crippen MR) is 73.2 cm³/mol. The summed E-state index contributed by atoms with van der Waals surface area (Å²) in [5.41, 5.74) is 0.907. The van der Waals surface area contributed by atoms with Gasteiger partial charge in [0, 0.05) is 6.21 Å². The topological polar surface area (TPSA) is 77.0 Å². The van der Waals surface area contributed by atoms with Gasteiger partial charge in [-0.05, 0) is 17.7 Å². The number of carbonyl (C=O) groups excluding carboxylic acids is 2. The number of hydrogen-bond donors (Lipinski definition) is 1. The number of methoxy groups -OCH3 is 2. The number of nitrogens with zero attached hydrogens (tertiary/aromatic N) is 1. The maximum Gasteiger partial charge on any atom is 0.236 e. The first-order valence-corrected chi connectivity index (χ1v) is 6.17. The predicted octanol–water partition coefficient (Wildman–Crippen LogP) is 0.590. The highest BCUT2D eigenvalue weighted by Gasteiger charge is 2.30. The molecule has 1 aliphatic rings. The lowest BCUT2D eigenvalue weighted by molar-refractivity contribution is -0.124. The lowest BCUT2D eigenvalue weighted by atomic mass is 10.1. The molecule has 1 amide bonds. The van der Waals surface area contributed by atoms with Gasteiger partial charge in [-0.25, -0.2) is 0 Å². The van der Waals surface area contributed by atoms with Crippen LogP contribution in [0.15, 0.2) is 23.2 Å². The van der Waals surface area contributed by atoms with Crippen LogP contribution in [0.1, 0.15) is 5.56 Å². The molecule has 0 radical (unpaired) electrons. The van der Waals surface area contributed by atoms with Crippen LogP contribution in [0, 0.1) is 5.92 Å². The lowest BCUT2D eigenvalue weighted by Gasteiger charge is -2.08. The van der Waals surface area contributed by atoms with Crippen LogP contribution in [0.4, 0.5) is 0 Å². The smallest absolute Gasteiger partial charge is 0.236 e. The molecule has 1 fully saturated rings. The van der Waals surface area contributed by atoms with Gasteiger partial charge in [-0.2, -0.15) is 0 Å². The Bertz CT molecular complexity index is 538. The molecule has 0 bridgehead atoms. The van der Waals surface area contributed by atoms with E-state index < -0.39 is 5.92 Å². The van der Waals surface area contributed by atoms with Crippen molar-refractivity contribution in [1.82, 2.24) is 5.32 Å². The number of amides is 1. The number of ketones is 1. The van der Waals surface area contributed by atoms with Gasteiger partial charge in [-0.1, -0.05) is 6.07 Å². The van der Waals surface area contributed by atoms with Crippen LogP contribution in [0.5, 0.6) is 11.5 Å². The number of hydrogen-bond acceptors (Lipinski definition) is 5. The Morgan fingerprint density at radius 2 is 2.05 bits per heavy atom. The van der Waals surface area contributed by atoms with Crippen molar-refractivity contribution in [2.24, 2.45) is 10.9 Å². The monoisotopic (exact) mass is 276 g/mol. The van der Waals surface area contributed by atoms with E-state index in [0.29, 0.717) is 18.0 Å². The average molecular weight is 276 g/mol. The van der Waals surface area contributed by atoms with Crippen LogP contribution in [-0.2, 0) is 16.1 Å². The summed E-state index contributed by atoms with van der Waals surface area (Å²) in [5.74, 6) is 0.0766. The Morgan fingerprint density at radius 1 is 1.30 bits per heavy atom. The standard InChI is InChI=1S/C14H16N2O4/c1-19-12-4-3-9(5-13(12)20-2)6-15-7-10-11(17)8-16-14(10)18/h3-5,7,10H,6,8H2,1-2H3,(H,16,18). The second-order valence-electron chi connectivity index (χ2n) is 4.34. The Hall–Kier alpha value is -2.37. The van der Waals surface area contributed by atoms with Gasteiger partial charge < -0.3 is 14.8 Å². The van der Waals surface area contributed by atoms with E-state index in [1.165, 1.54) is 6.21 Å². The summed E-state index contributed by atoms with van der Waals surface area (Å²) in [4.78, 5) is 26.9. The molecular formula is C14H16N2O4. The Labute approximate surface area is 116 Å². The number of rotatable bonds is 5. The minimum Gasteiger partial charge on any atom is -0.493 e. The van der Waals surface area contributed by atoms with E-state index in [1.807, 2.05) is 12.1 Å². The van der Waals surface area contributed by atoms with Crippen molar-refractivity contribution < 1.29 is 19.1 Å².